The number of benzene rings is 3. The lowest BCUT2D eigenvalue weighted by atomic mass is 10.2. The average Bonchev–Trinajstić information content (AvgIpc) is 3.00. The maximum atomic E-state index is 4.81. The summed E-state index contributed by atoms with van der Waals surface area (Å²) in [5, 5.41) is 0.985. The van der Waals surface area contributed by atoms with Crippen LogP contribution in [0.3, 0.4) is 0 Å². The van der Waals surface area contributed by atoms with Crippen molar-refractivity contribution in [2.24, 2.45) is 0 Å². The van der Waals surface area contributed by atoms with Gasteiger partial charge in [-0.25, -0.2) is 4.98 Å². The van der Waals surface area contributed by atoms with Crippen LogP contribution in [-0.2, 0) is 0 Å². The second kappa shape index (κ2) is 5.62. The fraction of sp³-hybridized carbons (Fsp3) is 0. The third-order valence-electron chi connectivity index (χ3n) is 3.50. The minimum atomic E-state index is 0.985. The van der Waals surface area contributed by atoms with Crippen LogP contribution in [0.2, 0.25) is 0 Å². The van der Waals surface area contributed by atoms with Crippen molar-refractivity contribution >= 4 is 38.1 Å². The van der Waals surface area contributed by atoms with Crippen LogP contribution in [0, 0.1) is 0 Å². The number of rotatable bonds is 3. The molecule has 3 aromatic carbocycles. The van der Waals surface area contributed by atoms with Crippen molar-refractivity contribution in [3.05, 3.63) is 84.9 Å². The number of nitrogens with zero attached hydrogens (tertiary/aromatic N) is 2. The van der Waals surface area contributed by atoms with Gasteiger partial charge in [0.05, 0.1) is 10.2 Å². The average molecular weight is 302 g/mol. The van der Waals surface area contributed by atoms with Crippen LogP contribution in [0.15, 0.2) is 84.9 Å². The fourth-order valence-electron chi connectivity index (χ4n) is 2.48. The highest BCUT2D eigenvalue weighted by Crippen LogP contribution is 2.38. The molecule has 4 rings (SSSR count). The molecule has 0 spiro atoms. The van der Waals surface area contributed by atoms with Gasteiger partial charge in [0.2, 0.25) is 0 Å². The Bertz CT molecular complexity index is 812. The molecule has 0 saturated heterocycles. The second-order valence-corrected chi connectivity index (χ2v) is 5.98. The van der Waals surface area contributed by atoms with Gasteiger partial charge in [-0.05, 0) is 36.4 Å². The van der Waals surface area contributed by atoms with E-state index in [4.69, 9.17) is 4.98 Å². The predicted octanol–water partition coefficient (Wildman–Crippen LogP) is 5.77. The molecule has 3 heteroatoms. The molecule has 2 nitrogen and oxygen atoms in total. The molecule has 22 heavy (non-hydrogen) atoms. The summed E-state index contributed by atoms with van der Waals surface area (Å²) in [5.41, 5.74) is 3.28. The Labute approximate surface area is 133 Å². The monoisotopic (exact) mass is 302 g/mol. The zero-order valence-corrected chi connectivity index (χ0v) is 12.7. The fourth-order valence-corrected chi connectivity index (χ4v) is 3.49. The number of aromatic nitrogens is 1. The van der Waals surface area contributed by atoms with E-state index in [1.165, 1.54) is 4.70 Å². The van der Waals surface area contributed by atoms with Gasteiger partial charge < -0.3 is 0 Å². The molecule has 0 aliphatic rings. The molecule has 0 saturated carbocycles. The van der Waals surface area contributed by atoms with Crippen LogP contribution in [0.25, 0.3) is 10.2 Å². The van der Waals surface area contributed by atoms with E-state index in [1.807, 2.05) is 18.2 Å². The normalized spacial score (nSPS) is 10.7. The summed E-state index contributed by atoms with van der Waals surface area (Å²) >= 11 is 1.71. The largest absolute Gasteiger partial charge is 0.286 e. The molecule has 0 unspecified atom stereocenters. The van der Waals surface area contributed by atoms with Gasteiger partial charge in [-0.1, -0.05) is 59.9 Å². The molecule has 0 atom stereocenters. The first-order chi connectivity index (χ1) is 10.9. The summed E-state index contributed by atoms with van der Waals surface area (Å²) in [7, 11) is 0. The lowest BCUT2D eigenvalue weighted by molar-refractivity contribution is 1.25. The molecule has 1 heterocycles. The van der Waals surface area contributed by atoms with E-state index in [2.05, 4.69) is 71.6 Å². The minimum absolute atomic E-state index is 0.985. The zero-order valence-electron chi connectivity index (χ0n) is 11.9. The number of anilines is 3. The number of hydrogen-bond donors (Lipinski definition) is 0. The van der Waals surface area contributed by atoms with E-state index >= 15 is 0 Å². The summed E-state index contributed by atoms with van der Waals surface area (Å²) in [6.07, 6.45) is 0. The highest BCUT2D eigenvalue weighted by molar-refractivity contribution is 7.22. The lowest BCUT2D eigenvalue weighted by Crippen LogP contribution is -2.09. The summed E-state index contributed by atoms with van der Waals surface area (Å²) in [6.45, 7) is 0. The molecule has 0 aliphatic heterocycles. The molecule has 4 aromatic rings. The first-order valence-corrected chi connectivity index (χ1v) is 7.99. The van der Waals surface area contributed by atoms with Gasteiger partial charge in [-0.2, -0.15) is 0 Å². The van der Waals surface area contributed by atoms with Crippen molar-refractivity contribution in [1.29, 1.82) is 0 Å². The SMILES string of the molecule is c1ccc(N(c2ccccc2)c2nc3ccccc3s2)cc1. The smallest absolute Gasteiger partial charge is 0.195 e. The molecule has 0 N–H and O–H groups in total. The maximum Gasteiger partial charge on any atom is 0.195 e. The van der Waals surface area contributed by atoms with E-state index in [-0.39, 0.29) is 0 Å². The standard InChI is InChI=1S/C19H14N2S/c1-3-9-15(10-4-1)21(16-11-5-2-6-12-16)19-20-17-13-7-8-14-18(17)22-19/h1-14H. The van der Waals surface area contributed by atoms with Gasteiger partial charge >= 0.3 is 0 Å². The number of thiazole rings is 1. The van der Waals surface area contributed by atoms with Crippen molar-refractivity contribution in [2.45, 2.75) is 0 Å². The van der Waals surface area contributed by atoms with E-state index in [0.29, 0.717) is 0 Å². The molecular formula is C19H14N2S. The van der Waals surface area contributed by atoms with Crippen LogP contribution in [0.1, 0.15) is 0 Å². The Morgan fingerprint density at radius 2 is 1.18 bits per heavy atom. The third-order valence-corrected chi connectivity index (χ3v) is 4.52. The van der Waals surface area contributed by atoms with Gasteiger partial charge in [0.25, 0.3) is 0 Å². The minimum Gasteiger partial charge on any atom is -0.286 e. The number of para-hydroxylation sites is 3. The van der Waals surface area contributed by atoms with Gasteiger partial charge in [0.1, 0.15) is 0 Å². The first-order valence-electron chi connectivity index (χ1n) is 7.17. The zero-order chi connectivity index (χ0) is 14.8. The summed E-state index contributed by atoms with van der Waals surface area (Å²) in [6, 6.07) is 29.0. The van der Waals surface area contributed by atoms with Gasteiger partial charge in [0.15, 0.2) is 5.13 Å². The van der Waals surface area contributed by atoms with Gasteiger partial charge in [-0.15, -0.1) is 0 Å². The quantitative estimate of drug-likeness (QED) is 0.478. The molecule has 106 valence electrons. The summed E-state index contributed by atoms with van der Waals surface area (Å²) in [5.74, 6) is 0. The Morgan fingerprint density at radius 3 is 1.77 bits per heavy atom. The van der Waals surface area contributed by atoms with Crippen molar-refractivity contribution in [3.63, 3.8) is 0 Å². The lowest BCUT2D eigenvalue weighted by Gasteiger charge is -2.21. The highest BCUT2D eigenvalue weighted by atomic mass is 32.1. The summed E-state index contributed by atoms with van der Waals surface area (Å²) in [4.78, 5) is 7.01. The molecule has 1 aromatic heterocycles. The van der Waals surface area contributed by atoms with Crippen LogP contribution in [-0.4, -0.2) is 4.98 Å². The van der Waals surface area contributed by atoms with Crippen molar-refractivity contribution in [1.82, 2.24) is 4.98 Å². The highest BCUT2D eigenvalue weighted by Gasteiger charge is 2.15. The first kappa shape index (κ1) is 13.0. The molecule has 0 bridgehead atoms. The van der Waals surface area contributed by atoms with E-state index in [1.54, 1.807) is 11.3 Å². The van der Waals surface area contributed by atoms with Gasteiger partial charge in [-0.3, -0.25) is 4.90 Å². The summed E-state index contributed by atoms with van der Waals surface area (Å²) < 4.78 is 1.20. The predicted molar refractivity (Wildman–Crippen MR) is 94.3 cm³/mol. The van der Waals surface area contributed by atoms with Crippen LogP contribution in [0.5, 0.6) is 0 Å². The Balaban J connectivity index is 1.90. The topological polar surface area (TPSA) is 16.1 Å². The van der Waals surface area contributed by atoms with Crippen molar-refractivity contribution in [2.75, 3.05) is 4.90 Å². The van der Waals surface area contributed by atoms with E-state index < -0.39 is 0 Å². The van der Waals surface area contributed by atoms with E-state index in [9.17, 15) is 0 Å². The molecule has 0 radical (unpaired) electrons. The second-order valence-electron chi connectivity index (χ2n) is 4.97. The Kier molecular flexibility index (Phi) is 3.33. The number of hydrogen-bond acceptors (Lipinski definition) is 3. The van der Waals surface area contributed by atoms with Gasteiger partial charge in [0, 0.05) is 11.4 Å². The third kappa shape index (κ3) is 2.36. The number of fused-ring (bicyclic) bond motifs is 1. The van der Waals surface area contributed by atoms with E-state index in [0.717, 1.165) is 22.0 Å². The van der Waals surface area contributed by atoms with Crippen LogP contribution in [0.4, 0.5) is 16.5 Å². The maximum absolute atomic E-state index is 4.81. The Hall–Kier alpha value is -2.65. The Morgan fingerprint density at radius 1 is 0.636 bits per heavy atom. The van der Waals surface area contributed by atoms with Crippen LogP contribution >= 0.6 is 11.3 Å². The molecular weight excluding hydrogens is 288 g/mol. The van der Waals surface area contributed by atoms with Crippen molar-refractivity contribution < 1.29 is 0 Å². The molecule has 0 aliphatic carbocycles. The molecule has 0 fully saturated rings. The van der Waals surface area contributed by atoms with Crippen molar-refractivity contribution in [3.8, 4) is 0 Å². The molecule has 0 amide bonds. The van der Waals surface area contributed by atoms with Crippen LogP contribution < -0.4 is 4.90 Å².